The normalized spacial score (nSPS) is 17.4. The molecule has 15 heavy (non-hydrogen) atoms. The Morgan fingerprint density at radius 2 is 2.40 bits per heavy atom. The van der Waals surface area contributed by atoms with Crippen LogP contribution in [0.2, 0.25) is 0 Å². The number of amides is 1. The summed E-state index contributed by atoms with van der Waals surface area (Å²) in [5.74, 6) is 0.736. The smallest absolute Gasteiger partial charge is 0.261 e. The van der Waals surface area contributed by atoms with Crippen molar-refractivity contribution in [2.45, 2.75) is 19.3 Å². The topological polar surface area (TPSA) is 29.1 Å². The standard InChI is InChI=1S/C11H14ClNOS/c12-6-5-11(3-4-11)8-13-10(14)9-2-1-7-15-9/h1-2,7H,3-6,8H2,(H,13,14). The van der Waals surface area contributed by atoms with E-state index in [4.69, 9.17) is 11.6 Å². The zero-order chi connectivity index (χ0) is 10.7. The van der Waals surface area contributed by atoms with E-state index in [1.165, 1.54) is 24.2 Å². The van der Waals surface area contributed by atoms with Crippen molar-refractivity contribution >= 4 is 28.8 Å². The fourth-order valence-electron chi connectivity index (χ4n) is 1.66. The lowest BCUT2D eigenvalue weighted by Crippen LogP contribution is -2.29. The van der Waals surface area contributed by atoms with E-state index in [9.17, 15) is 4.79 Å². The third-order valence-electron chi connectivity index (χ3n) is 2.95. The number of carbonyl (C=O) groups excluding carboxylic acids is 1. The number of thiophene rings is 1. The molecule has 1 aromatic heterocycles. The highest BCUT2D eigenvalue weighted by atomic mass is 35.5. The van der Waals surface area contributed by atoms with Gasteiger partial charge in [-0.2, -0.15) is 0 Å². The molecule has 1 aromatic rings. The molecule has 0 bridgehead atoms. The number of nitrogens with one attached hydrogen (secondary N) is 1. The fraction of sp³-hybridized carbons (Fsp3) is 0.545. The summed E-state index contributed by atoms with van der Waals surface area (Å²) in [6.07, 6.45) is 3.41. The molecule has 1 heterocycles. The van der Waals surface area contributed by atoms with E-state index >= 15 is 0 Å². The van der Waals surface area contributed by atoms with Crippen LogP contribution in [0.5, 0.6) is 0 Å². The van der Waals surface area contributed by atoms with E-state index in [2.05, 4.69) is 5.32 Å². The number of alkyl halides is 1. The van der Waals surface area contributed by atoms with Gasteiger partial charge in [-0.3, -0.25) is 4.79 Å². The van der Waals surface area contributed by atoms with Crippen molar-refractivity contribution in [3.63, 3.8) is 0 Å². The van der Waals surface area contributed by atoms with Crippen LogP contribution >= 0.6 is 22.9 Å². The molecule has 0 unspecified atom stereocenters. The first kappa shape index (κ1) is 11.0. The maximum atomic E-state index is 11.7. The van der Waals surface area contributed by atoms with Crippen LogP contribution in [0.3, 0.4) is 0 Å². The first-order chi connectivity index (χ1) is 7.26. The van der Waals surface area contributed by atoms with Crippen LogP contribution in [-0.4, -0.2) is 18.3 Å². The van der Waals surface area contributed by atoms with Crippen molar-refractivity contribution in [1.82, 2.24) is 5.32 Å². The van der Waals surface area contributed by atoms with E-state index < -0.39 is 0 Å². The van der Waals surface area contributed by atoms with Gasteiger partial charge in [0.15, 0.2) is 0 Å². The van der Waals surface area contributed by atoms with Gasteiger partial charge in [-0.1, -0.05) is 6.07 Å². The van der Waals surface area contributed by atoms with Crippen LogP contribution in [0, 0.1) is 5.41 Å². The average molecular weight is 244 g/mol. The predicted octanol–water partition coefficient (Wildman–Crippen LogP) is 2.89. The van der Waals surface area contributed by atoms with Crippen LogP contribution in [0.25, 0.3) is 0 Å². The Labute approximate surface area is 98.6 Å². The lowest BCUT2D eigenvalue weighted by Gasteiger charge is -2.13. The Bertz CT molecular complexity index is 332. The van der Waals surface area contributed by atoms with Crippen molar-refractivity contribution in [3.05, 3.63) is 22.4 Å². The number of hydrogen-bond donors (Lipinski definition) is 1. The van der Waals surface area contributed by atoms with Crippen molar-refractivity contribution in [1.29, 1.82) is 0 Å². The molecular formula is C11H14ClNOS. The molecule has 0 aromatic carbocycles. The number of halogens is 1. The lowest BCUT2D eigenvalue weighted by atomic mass is 10.0. The van der Waals surface area contributed by atoms with Gasteiger partial charge in [-0.25, -0.2) is 0 Å². The molecule has 0 atom stereocenters. The first-order valence-electron chi connectivity index (χ1n) is 5.13. The Morgan fingerprint density at radius 3 is 2.93 bits per heavy atom. The summed E-state index contributed by atoms with van der Waals surface area (Å²) in [4.78, 5) is 12.4. The third kappa shape index (κ3) is 2.73. The molecule has 2 rings (SSSR count). The van der Waals surface area contributed by atoms with E-state index in [1.54, 1.807) is 0 Å². The molecule has 0 aliphatic heterocycles. The molecular weight excluding hydrogens is 230 g/mol. The molecule has 1 fully saturated rings. The highest BCUT2D eigenvalue weighted by Crippen LogP contribution is 2.48. The van der Waals surface area contributed by atoms with Gasteiger partial charge in [-0.15, -0.1) is 22.9 Å². The summed E-state index contributed by atoms with van der Waals surface area (Å²) < 4.78 is 0. The van der Waals surface area contributed by atoms with Gasteiger partial charge in [0.1, 0.15) is 0 Å². The molecule has 0 saturated heterocycles. The molecule has 1 amide bonds. The Balaban J connectivity index is 1.81. The molecule has 1 saturated carbocycles. The minimum atomic E-state index is 0.0471. The zero-order valence-electron chi connectivity index (χ0n) is 8.46. The minimum absolute atomic E-state index is 0.0471. The zero-order valence-corrected chi connectivity index (χ0v) is 10.0. The van der Waals surface area contributed by atoms with Crippen molar-refractivity contribution in [2.75, 3.05) is 12.4 Å². The summed E-state index contributed by atoms with van der Waals surface area (Å²) in [6.45, 7) is 0.774. The largest absolute Gasteiger partial charge is 0.351 e. The molecule has 1 aliphatic rings. The molecule has 1 aliphatic carbocycles. The predicted molar refractivity (Wildman–Crippen MR) is 63.7 cm³/mol. The van der Waals surface area contributed by atoms with Crippen LogP contribution in [0.15, 0.2) is 17.5 Å². The Hall–Kier alpha value is -0.540. The summed E-state index contributed by atoms with van der Waals surface area (Å²) in [6, 6.07) is 3.74. The third-order valence-corrected chi connectivity index (χ3v) is 4.01. The van der Waals surface area contributed by atoms with E-state index in [0.29, 0.717) is 11.3 Å². The Morgan fingerprint density at radius 1 is 1.60 bits per heavy atom. The van der Waals surface area contributed by atoms with Crippen molar-refractivity contribution < 1.29 is 4.79 Å². The number of rotatable bonds is 5. The van der Waals surface area contributed by atoms with Crippen LogP contribution in [0.1, 0.15) is 28.9 Å². The van der Waals surface area contributed by atoms with Gasteiger partial charge in [0.25, 0.3) is 5.91 Å². The molecule has 82 valence electrons. The van der Waals surface area contributed by atoms with Crippen LogP contribution in [-0.2, 0) is 0 Å². The fourth-order valence-corrected chi connectivity index (χ4v) is 2.70. The number of hydrogen-bond acceptors (Lipinski definition) is 2. The van der Waals surface area contributed by atoms with Crippen LogP contribution in [0.4, 0.5) is 0 Å². The quantitative estimate of drug-likeness (QED) is 0.792. The summed E-state index contributed by atoms with van der Waals surface area (Å²) in [5.41, 5.74) is 0.314. The minimum Gasteiger partial charge on any atom is -0.351 e. The van der Waals surface area contributed by atoms with Gasteiger partial charge in [0.2, 0.25) is 0 Å². The molecule has 0 radical (unpaired) electrons. The molecule has 0 spiro atoms. The second-order valence-corrected chi connectivity index (χ2v) is 5.42. The molecule has 2 nitrogen and oxygen atoms in total. The monoisotopic (exact) mass is 243 g/mol. The highest BCUT2D eigenvalue weighted by molar-refractivity contribution is 7.12. The molecule has 1 N–H and O–H groups in total. The van der Waals surface area contributed by atoms with E-state index in [-0.39, 0.29) is 5.91 Å². The summed E-state index contributed by atoms with van der Waals surface area (Å²) >= 11 is 7.21. The van der Waals surface area contributed by atoms with Gasteiger partial charge < -0.3 is 5.32 Å². The summed E-state index contributed by atoms with van der Waals surface area (Å²) in [7, 11) is 0. The maximum Gasteiger partial charge on any atom is 0.261 e. The maximum absolute atomic E-state index is 11.7. The van der Waals surface area contributed by atoms with Crippen molar-refractivity contribution in [2.24, 2.45) is 5.41 Å². The average Bonchev–Trinajstić information content (AvgIpc) is 2.81. The van der Waals surface area contributed by atoms with Gasteiger partial charge in [0.05, 0.1) is 4.88 Å². The van der Waals surface area contributed by atoms with E-state index in [0.717, 1.165) is 17.8 Å². The van der Waals surface area contributed by atoms with Gasteiger partial charge in [0, 0.05) is 12.4 Å². The van der Waals surface area contributed by atoms with Gasteiger partial charge >= 0.3 is 0 Å². The molecule has 4 heteroatoms. The second-order valence-electron chi connectivity index (χ2n) is 4.10. The van der Waals surface area contributed by atoms with Gasteiger partial charge in [-0.05, 0) is 36.1 Å². The lowest BCUT2D eigenvalue weighted by molar-refractivity contribution is 0.0948. The van der Waals surface area contributed by atoms with E-state index in [1.807, 2.05) is 17.5 Å². The number of carbonyl (C=O) groups is 1. The second kappa shape index (κ2) is 4.54. The SMILES string of the molecule is O=C(NCC1(CCCl)CC1)c1cccs1. The summed E-state index contributed by atoms with van der Waals surface area (Å²) in [5, 5.41) is 4.90. The highest BCUT2D eigenvalue weighted by Gasteiger charge is 2.41. The van der Waals surface area contributed by atoms with Crippen LogP contribution < -0.4 is 5.32 Å². The Kier molecular flexibility index (Phi) is 3.32. The first-order valence-corrected chi connectivity index (χ1v) is 6.55. The van der Waals surface area contributed by atoms with Crippen molar-refractivity contribution in [3.8, 4) is 0 Å².